The molecule has 2 aromatic rings. The van der Waals surface area contributed by atoms with E-state index in [4.69, 9.17) is 9.47 Å². The maximum Gasteiger partial charge on any atom is 0.163 e. The van der Waals surface area contributed by atoms with E-state index in [9.17, 15) is 0 Å². The lowest BCUT2D eigenvalue weighted by molar-refractivity contribution is 0.328. The summed E-state index contributed by atoms with van der Waals surface area (Å²) in [6.45, 7) is 1.96. The van der Waals surface area contributed by atoms with Gasteiger partial charge in [-0.3, -0.25) is 0 Å². The zero-order chi connectivity index (χ0) is 12.7. The van der Waals surface area contributed by atoms with Crippen molar-refractivity contribution in [2.45, 2.75) is 0 Å². The maximum atomic E-state index is 5.67. The Bertz CT molecular complexity index is 561. The molecule has 2 aliphatic heterocycles. The lowest BCUT2D eigenvalue weighted by Crippen LogP contribution is -2.37. The second kappa shape index (κ2) is 4.09. The molecule has 4 heteroatoms. The standard InChI is InChI=1S/C15H14N2O2/c1-3-7-14-12(5-1)16(10-18-14)9-17-11-19-15-8-4-2-6-13(15)17/h1-8H,9-11H2. The summed E-state index contributed by atoms with van der Waals surface area (Å²) >= 11 is 0. The Labute approximate surface area is 111 Å². The fourth-order valence-corrected chi connectivity index (χ4v) is 2.56. The van der Waals surface area contributed by atoms with E-state index in [0.717, 1.165) is 29.5 Å². The fraction of sp³-hybridized carbons (Fsp3) is 0.200. The van der Waals surface area contributed by atoms with Crippen LogP contribution >= 0.6 is 0 Å². The van der Waals surface area contributed by atoms with Crippen LogP contribution in [0, 0.1) is 0 Å². The van der Waals surface area contributed by atoms with E-state index < -0.39 is 0 Å². The molecule has 96 valence electrons. The highest BCUT2D eigenvalue weighted by Crippen LogP contribution is 2.37. The first kappa shape index (κ1) is 10.6. The summed E-state index contributed by atoms with van der Waals surface area (Å²) in [7, 11) is 0. The number of ether oxygens (including phenoxy) is 2. The lowest BCUT2D eigenvalue weighted by atomic mass is 10.3. The van der Waals surface area contributed by atoms with E-state index in [1.54, 1.807) is 0 Å². The molecule has 4 nitrogen and oxygen atoms in total. The highest BCUT2D eigenvalue weighted by atomic mass is 16.5. The molecule has 0 spiro atoms. The molecule has 2 heterocycles. The van der Waals surface area contributed by atoms with Crippen molar-refractivity contribution in [3.05, 3.63) is 48.5 Å². The van der Waals surface area contributed by atoms with Gasteiger partial charge in [0.15, 0.2) is 13.5 Å². The van der Waals surface area contributed by atoms with Gasteiger partial charge in [-0.25, -0.2) is 0 Å². The third-order valence-corrected chi connectivity index (χ3v) is 3.51. The first-order valence-corrected chi connectivity index (χ1v) is 6.35. The third-order valence-electron chi connectivity index (χ3n) is 3.51. The van der Waals surface area contributed by atoms with E-state index in [0.29, 0.717) is 13.5 Å². The van der Waals surface area contributed by atoms with Crippen molar-refractivity contribution in [3.8, 4) is 11.5 Å². The molecule has 0 radical (unpaired) electrons. The molecule has 0 saturated heterocycles. The normalized spacial score (nSPS) is 15.8. The molecule has 0 fully saturated rings. The zero-order valence-electron chi connectivity index (χ0n) is 10.5. The van der Waals surface area contributed by atoms with E-state index in [-0.39, 0.29) is 0 Å². The quantitative estimate of drug-likeness (QED) is 0.822. The van der Waals surface area contributed by atoms with E-state index in [1.807, 2.05) is 36.4 Å². The van der Waals surface area contributed by atoms with Crippen molar-refractivity contribution in [1.82, 2.24) is 0 Å². The Kier molecular flexibility index (Phi) is 2.27. The number of benzene rings is 2. The summed E-state index contributed by atoms with van der Waals surface area (Å²) < 4.78 is 11.3. The summed E-state index contributed by atoms with van der Waals surface area (Å²) in [5.41, 5.74) is 2.29. The molecular weight excluding hydrogens is 240 g/mol. The van der Waals surface area contributed by atoms with Gasteiger partial charge in [-0.15, -0.1) is 0 Å². The van der Waals surface area contributed by atoms with Crippen molar-refractivity contribution in [1.29, 1.82) is 0 Å². The van der Waals surface area contributed by atoms with Crippen LogP contribution in [-0.4, -0.2) is 20.1 Å². The summed E-state index contributed by atoms with van der Waals surface area (Å²) in [6, 6.07) is 16.3. The maximum absolute atomic E-state index is 5.67. The first-order chi connectivity index (χ1) is 9.42. The summed E-state index contributed by atoms with van der Waals surface area (Å²) in [6.07, 6.45) is 0. The van der Waals surface area contributed by atoms with Gasteiger partial charge in [-0.1, -0.05) is 24.3 Å². The monoisotopic (exact) mass is 254 g/mol. The van der Waals surface area contributed by atoms with Crippen LogP contribution in [0.25, 0.3) is 0 Å². The topological polar surface area (TPSA) is 24.9 Å². The number of para-hydroxylation sites is 4. The van der Waals surface area contributed by atoms with Crippen LogP contribution in [0.4, 0.5) is 11.4 Å². The Hall–Kier alpha value is -2.36. The van der Waals surface area contributed by atoms with Crippen LogP contribution < -0.4 is 19.3 Å². The van der Waals surface area contributed by atoms with Gasteiger partial charge in [-0.2, -0.15) is 0 Å². The zero-order valence-corrected chi connectivity index (χ0v) is 10.5. The Morgan fingerprint density at radius 3 is 1.74 bits per heavy atom. The molecular formula is C15H14N2O2. The largest absolute Gasteiger partial charge is 0.471 e. The van der Waals surface area contributed by atoms with Crippen LogP contribution in [0.15, 0.2) is 48.5 Å². The Morgan fingerprint density at radius 2 is 1.21 bits per heavy atom. The first-order valence-electron chi connectivity index (χ1n) is 6.35. The van der Waals surface area contributed by atoms with Gasteiger partial charge in [0.25, 0.3) is 0 Å². The lowest BCUT2D eigenvalue weighted by Gasteiger charge is -2.24. The van der Waals surface area contributed by atoms with Gasteiger partial charge >= 0.3 is 0 Å². The van der Waals surface area contributed by atoms with Crippen molar-refractivity contribution in [2.75, 3.05) is 29.9 Å². The van der Waals surface area contributed by atoms with Crippen LogP contribution in [0.5, 0.6) is 11.5 Å². The van der Waals surface area contributed by atoms with E-state index >= 15 is 0 Å². The highest BCUT2D eigenvalue weighted by molar-refractivity contribution is 5.65. The number of rotatable bonds is 2. The van der Waals surface area contributed by atoms with Crippen molar-refractivity contribution < 1.29 is 9.47 Å². The van der Waals surface area contributed by atoms with Gasteiger partial charge < -0.3 is 19.3 Å². The van der Waals surface area contributed by atoms with E-state index in [2.05, 4.69) is 21.9 Å². The summed E-state index contributed by atoms with van der Waals surface area (Å²) in [4.78, 5) is 4.42. The van der Waals surface area contributed by atoms with Crippen LogP contribution in [0.1, 0.15) is 0 Å². The van der Waals surface area contributed by atoms with Gasteiger partial charge in [0.1, 0.15) is 11.5 Å². The smallest absolute Gasteiger partial charge is 0.163 e. The average Bonchev–Trinajstić information content (AvgIpc) is 3.05. The van der Waals surface area contributed by atoms with Gasteiger partial charge in [-0.05, 0) is 24.3 Å². The number of hydrogen-bond donors (Lipinski definition) is 0. The predicted octanol–water partition coefficient (Wildman–Crippen LogP) is 2.66. The minimum atomic E-state index is 0.595. The van der Waals surface area contributed by atoms with Crippen LogP contribution in [0.2, 0.25) is 0 Å². The molecule has 0 N–H and O–H groups in total. The second-order valence-corrected chi connectivity index (χ2v) is 4.70. The summed E-state index contributed by atoms with van der Waals surface area (Å²) in [5.74, 6) is 1.91. The molecule has 0 saturated carbocycles. The van der Waals surface area contributed by atoms with Crippen LogP contribution in [0.3, 0.4) is 0 Å². The van der Waals surface area contributed by atoms with Gasteiger partial charge in [0.2, 0.25) is 0 Å². The van der Waals surface area contributed by atoms with Gasteiger partial charge in [0, 0.05) is 0 Å². The molecule has 0 atom stereocenters. The van der Waals surface area contributed by atoms with E-state index in [1.165, 1.54) is 0 Å². The third kappa shape index (κ3) is 1.68. The molecule has 2 aliphatic rings. The van der Waals surface area contributed by atoms with Gasteiger partial charge in [0.05, 0.1) is 18.0 Å². The van der Waals surface area contributed by atoms with Crippen LogP contribution in [-0.2, 0) is 0 Å². The average molecular weight is 254 g/mol. The molecule has 19 heavy (non-hydrogen) atoms. The fourth-order valence-electron chi connectivity index (χ4n) is 2.56. The SMILES string of the molecule is c1ccc2c(c1)OCN2CN1COc2ccccc21. The number of anilines is 2. The molecule has 0 bridgehead atoms. The second-order valence-electron chi connectivity index (χ2n) is 4.70. The molecule has 0 amide bonds. The minimum Gasteiger partial charge on any atom is -0.471 e. The molecule has 0 unspecified atom stereocenters. The number of fused-ring (bicyclic) bond motifs is 2. The molecule has 0 aliphatic carbocycles. The Morgan fingerprint density at radius 1 is 0.737 bits per heavy atom. The van der Waals surface area contributed by atoms with Crippen molar-refractivity contribution >= 4 is 11.4 Å². The molecule has 4 rings (SSSR count). The van der Waals surface area contributed by atoms with Crippen molar-refractivity contribution in [3.63, 3.8) is 0 Å². The van der Waals surface area contributed by atoms with Crippen molar-refractivity contribution in [2.24, 2.45) is 0 Å². The minimum absolute atomic E-state index is 0.595. The molecule has 2 aromatic carbocycles. The highest BCUT2D eigenvalue weighted by Gasteiger charge is 2.26. The Balaban J connectivity index is 1.58. The number of nitrogens with zero attached hydrogens (tertiary/aromatic N) is 2. The molecule has 0 aromatic heterocycles. The summed E-state index contributed by atoms with van der Waals surface area (Å²) in [5, 5.41) is 0. The predicted molar refractivity (Wildman–Crippen MR) is 73.7 cm³/mol. The number of hydrogen-bond acceptors (Lipinski definition) is 4.